The maximum Gasteiger partial charge on any atom is 0.174 e. The minimum absolute atomic E-state index is 0.647. The summed E-state index contributed by atoms with van der Waals surface area (Å²) in [7, 11) is 4.08. The number of fused-ring (bicyclic) bond motifs is 1. The van der Waals surface area contributed by atoms with E-state index in [0.717, 1.165) is 35.9 Å². The highest BCUT2D eigenvalue weighted by molar-refractivity contribution is 5.76. The van der Waals surface area contributed by atoms with Gasteiger partial charge in [-0.2, -0.15) is 0 Å². The molecule has 134 valence electrons. The average Bonchev–Trinajstić information content (AvgIpc) is 3.03. The van der Waals surface area contributed by atoms with E-state index in [1.807, 2.05) is 62.2 Å². The molecule has 1 aliphatic rings. The van der Waals surface area contributed by atoms with Crippen molar-refractivity contribution in [3.63, 3.8) is 0 Å². The number of ether oxygens (including phenoxy) is 1. The molecule has 1 aliphatic heterocycles. The third-order valence-electron chi connectivity index (χ3n) is 4.03. The maximum atomic E-state index is 6.57. The summed E-state index contributed by atoms with van der Waals surface area (Å²) in [5.41, 5.74) is 11.1. The summed E-state index contributed by atoms with van der Waals surface area (Å²) in [6.45, 7) is 3.50. The molecule has 0 saturated carbocycles. The lowest BCUT2D eigenvalue weighted by Gasteiger charge is -2.35. The molecule has 7 nitrogen and oxygen atoms in total. The Kier molecular flexibility index (Phi) is 4.96. The van der Waals surface area contributed by atoms with Crippen LogP contribution >= 0.6 is 0 Å². The number of hydrogen-bond acceptors (Lipinski definition) is 6. The fourth-order valence-electron chi connectivity index (χ4n) is 2.76. The molecule has 1 aromatic carbocycles. The van der Waals surface area contributed by atoms with Gasteiger partial charge in [-0.25, -0.2) is 9.66 Å². The molecule has 3 rings (SSSR count). The largest absolute Gasteiger partial charge is 0.494 e. The number of nitrogens with one attached hydrogen (secondary N) is 2. The van der Waals surface area contributed by atoms with E-state index in [4.69, 9.17) is 10.5 Å². The number of aromatic nitrogens is 2. The molecule has 0 spiro atoms. The predicted octanol–water partition coefficient (Wildman–Crippen LogP) is 1.90. The van der Waals surface area contributed by atoms with Gasteiger partial charge in [0.05, 0.1) is 12.3 Å². The first-order valence-corrected chi connectivity index (χ1v) is 8.47. The average molecular weight is 342 g/mol. The fraction of sp³-hybridized carbons (Fsp3) is 0.389. The molecule has 0 amide bonds. The normalized spacial score (nSPS) is 19.2. The summed E-state index contributed by atoms with van der Waals surface area (Å²) < 4.78 is 7.36. The van der Waals surface area contributed by atoms with Crippen LogP contribution in [0.2, 0.25) is 0 Å². The summed E-state index contributed by atoms with van der Waals surface area (Å²) in [5.74, 6) is 1.66. The van der Waals surface area contributed by atoms with Crippen LogP contribution in [0.5, 0.6) is 5.75 Å². The van der Waals surface area contributed by atoms with Crippen molar-refractivity contribution in [2.75, 3.05) is 38.0 Å². The number of imidazole rings is 1. The monoisotopic (exact) mass is 342 g/mol. The maximum absolute atomic E-state index is 6.57. The summed E-state index contributed by atoms with van der Waals surface area (Å²) in [4.78, 5) is 6.54. The van der Waals surface area contributed by atoms with Crippen LogP contribution in [0.3, 0.4) is 0 Å². The summed E-state index contributed by atoms with van der Waals surface area (Å²) in [6.07, 6.45) is 6.41. The topological polar surface area (TPSA) is 80.4 Å². The Morgan fingerprint density at radius 3 is 2.76 bits per heavy atom. The van der Waals surface area contributed by atoms with Gasteiger partial charge in [0.2, 0.25) is 0 Å². The van der Waals surface area contributed by atoms with E-state index < -0.39 is 5.66 Å². The first kappa shape index (κ1) is 17.3. The molecule has 0 bridgehead atoms. The second-order valence-corrected chi connectivity index (χ2v) is 6.47. The molecule has 0 saturated heterocycles. The highest BCUT2D eigenvalue weighted by Gasteiger charge is 2.30. The second-order valence-electron chi connectivity index (χ2n) is 6.47. The molecule has 0 radical (unpaired) electrons. The van der Waals surface area contributed by atoms with Gasteiger partial charge in [-0.3, -0.25) is 0 Å². The van der Waals surface area contributed by atoms with E-state index in [1.54, 1.807) is 6.20 Å². The molecule has 1 unspecified atom stereocenters. The zero-order valence-corrected chi connectivity index (χ0v) is 15.0. The van der Waals surface area contributed by atoms with E-state index in [2.05, 4.69) is 20.6 Å². The van der Waals surface area contributed by atoms with Gasteiger partial charge in [-0.15, -0.1) is 0 Å². The van der Waals surface area contributed by atoms with Crippen LogP contribution in [0.25, 0.3) is 5.70 Å². The zero-order valence-electron chi connectivity index (χ0n) is 15.0. The van der Waals surface area contributed by atoms with Crippen molar-refractivity contribution in [2.45, 2.75) is 19.0 Å². The van der Waals surface area contributed by atoms with Crippen LogP contribution in [-0.4, -0.2) is 47.5 Å². The lowest BCUT2D eigenvalue weighted by molar-refractivity contribution is 0.340. The second kappa shape index (κ2) is 7.16. The number of benzene rings is 1. The van der Waals surface area contributed by atoms with Gasteiger partial charge in [0.15, 0.2) is 5.82 Å². The number of hydrogen-bond donors (Lipinski definition) is 3. The van der Waals surface area contributed by atoms with Crippen molar-refractivity contribution in [2.24, 2.45) is 5.73 Å². The van der Waals surface area contributed by atoms with Gasteiger partial charge in [-0.05, 0) is 51.4 Å². The smallest absolute Gasteiger partial charge is 0.174 e. The van der Waals surface area contributed by atoms with Gasteiger partial charge in [0, 0.05) is 31.0 Å². The van der Waals surface area contributed by atoms with Gasteiger partial charge >= 0.3 is 0 Å². The van der Waals surface area contributed by atoms with Gasteiger partial charge in [0.25, 0.3) is 0 Å². The Bertz CT molecular complexity index is 736. The molecule has 4 N–H and O–H groups in total. The van der Waals surface area contributed by atoms with Crippen molar-refractivity contribution in [1.29, 1.82) is 0 Å². The van der Waals surface area contributed by atoms with Gasteiger partial charge < -0.3 is 26.1 Å². The molecular formula is C18H26N6O. The third-order valence-corrected chi connectivity index (χ3v) is 4.03. The molecule has 1 atom stereocenters. The minimum Gasteiger partial charge on any atom is -0.494 e. The molecule has 7 heteroatoms. The van der Waals surface area contributed by atoms with Crippen molar-refractivity contribution in [3.8, 4) is 5.75 Å². The van der Waals surface area contributed by atoms with Gasteiger partial charge in [-0.1, -0.05) is 0 Å². The molecule has 25 heavy (non-hydrogen) atoms. The standard InChI is InChI=1S/C18H26N6O/c1-4-25-15-7-5-14(6-8-15)21-16-13-18(19,9-11-23(2)3)22-24-12-10-20-17(16)24/h5-8,10,12-13,21-22H,4,9,11,19H2,1-3H3. The summed E-state index contributed by atoms with van der Waals surface area (Å²) >= 11 is 0. The van der Waals surface area contributed by atoms with Crippen LogP contribution in [0.15, 0.2) is 42.7 Å². The van der Waals surface area contributed by atoms with E-state index in [-0.39, 0.29) is 0 Å². The Balaban J connectivity index is 1.82. The predicted molar refractivity (Wildman–Crippen MR) is 101 cm³/mol. The van der Waals surface area contributed by atoms with Crippen molar-refractivity contribution in [1.82, 2.24) is 14.6 Å². The highest BCUT2D eigenvalue weighted by atomic mass is 16.5. The third kappa shape index (κ3) is 4.12. The van der Waals surface area contributed by atoms with Crippen molar-refractivity contribution in [3.05, 3.63) is 48.6 Å². The minimum atomic E-state index is -0.647. The van der Waals surface area contributed by atoms with Crippen LogP contribution < -0.4 is 21.2 Å². The molecular weight excluding hydrogens is 316 g/mol. The SMILES string of the molecule is CCOc1ccc(NC2=CC(N)(CCN(C)C)Nn3ccnc32)cc1. The zero-order chi connectivity index (χ0) is 17.9. The quantitative estimate of drug-likeness (QED) is 0.713. The van der Waals surface area contributed by atoms with Crippen molar-refractivity contribution >= 4 is 11.4 Å². The van der Waals surface area contributed by atoms with Crippen LogP contribution in [-0.2, 0) is 0 Å². The molecule has 2 heterocycles. The number of anilines is 1. The van der Waals surface area contributed by atoms with Crippen LogP contribution in [0.1, 0.15) is 19.2 Å². The number of rotatable bonds is 7. The first-order valence-electron chi connectivity index (χ1n) is 8.47. The molecule has 0 aliphatic carbocycles. The number of nitrogens with two attached hydrogens (primary N) is 1. The lowest BCUT2D eigenvalue weighted by Crippen LogP contribution is -2.54. The highest BCUT2D eigenvalue weighted by Crippen LogP contribution is 2.26. The Labute approximate surface area is 148 Å². The van der Waals surface area contributed by atoms with E-state index in [1.165, 1.54) is 0 Å². The first-order chi connectivity index (χ1) is 12.0. The fourth-order valence-corrected chi connectivity index (χ4v) is 2.76. The summed E-state index contributed by atoms with van der Waals surface area (Å²) in [6, 6.07) is 7.86. The number of nitrogens with zero attached hydrogens (tertiary/aromatic N) is 3. The summed E-state index contributed by atoms with van der Waals surface area (Å²) in [5, 5.41) is 3.42. The van der Waals surface area contributed by atoms with Crippen molar-refractivity contribution < 1.29 is 4.74 Å². The van der Waals surface area contributed by atoms with E-state index in [9.17, 15) is 0 Å². The molecule has 1 aromatic heterocycles. The lowest BCUT2D eigenvalue weighted by atomic mass is 10.0. The molecule has 0 fully saturated rings. The van der Waals surface area contributed by atoms with Gasteiger partial charge in [0.1, 0.15) is 11.4 Å². The molecule has 2 aromatic rings. The van der Waals surface area contributed by atoms with Crippen LogP contribution in [0.4, 0.5) is 5.69 Å². The Morgan fingerprint density at radius 2 is 2.08 bits per heavy atom. The van der Waals surface area contributed by atoms with E-state index in [0.29, 0.717) is 6.61 Å². The van der Waals surface area contributed by atoms with E-state index >= 15 is 0 Å². The Morgan fingerprint density at radius 1 is 1.32 bits per heavy atom. The Hall–Kier alpha value is -2.51. The van der Waals surface area contributed by atoms with Crippen LogP contribution in [0, 0.1) is 0 Å².